The lowest BCUT2D eigenvalue weighted by Gasteiger charge is -2.23. The van der Waals surface area contributed by atoms with Crippen LogP contribution in [0.2, 0.25) is 0 Å². The molecule has 0 aliphatic carbocycles. The van der Waals surface area contributed by atoms with E-state index in [4.69, 9.17) is 0 Å². The van der Waals surface area contributed by atoms with Crippen molar-refractivity contribution in [1.82, 2.24) is 4.72 Å². The predicted octanol–water partition coefficient (Wildman–Crippen LogP) is 3.60. The monoisotopic (exact) mass is 290 g/mol. The van der Waals surface area contributed by atoms with Crippen LogP contribution in [0.1, 0.15) is 20.8 Å². The highest BCUT2D eigenvalue weighted by atomic mass is 79.9. The molecule has 2 N–H and O–H groups in total. The van der Waals surface area contributed by atoms with Crippen molar-refractivity contribution in [2.75, 3.05) is 4.47 Å². The molecule has 1 rings (SSSR count). The van der Waals surface area contributed by atoms with Crippen LogP contribution >= 0.6 is 28.1 Å². The van der Waals surface area contributed by atoms with Gasteiger partial charge in [-0.1, -0.05) is 15.9 Å². The number of benzene rings is 1. The van der Waals surface area contributed by atoms with Crippen molar-refractivity contribution in [3.05, 3.63) is 28.7 Å². The topological polar surface area (TPSA) is 35.5 Å². The molecular weight excluding hydrogens is 276 g/mol. The van der Waals surface area contributed by atoms with Gasteiger partial charge in [0.05, 0.1) is 17.8 Å². The molecule has 0 amide bonds. The second-order valence-corrected chi connectivity index (χ2v) is 5.84. The molecule has 5 heteroatoms. The summed E-state index contributed by atoms with van der Waals surface area (Å²) in [6, 6.07) is 7.44. The van der Waals surface area contributed by atoms with Gasteiger partial charge in [-0.3, -0.25) is 5.21 Å². The van der Waals surface area contributed by atoms with Gasteiger partial charge in [-0.15, -0.1) is 0 Å². The van der Waals surface area contributed by atoms with E-state index in [-0.39, 0.29) is 5.54 Å². The third kappa shape index (κ3) is 4.88. The Morgan fingerprint density at radius 2 is 1.80 bits per heavy atom. The number of halogens is 1. The number of hydrogen-bond acceptors (Lipinski definition) is 4. The molecule has 3 nitrogen and oxygen atoms in total. The summed E-state index contributed by atoms with van der Waals surface area (Å²) in [7, 11) is 0. The highest BCUT2D eigenvalue weighted by Crippen LogP contribution is 2.22. The fourth-order valence-corrected chi connectivity index (χ4v) is 1.65. The van der Waals surface area contributed by atoms with Crippen LogP contribution in [0.5, 0.6) is 0 Å². The molecule has 0 saturated heterocycles. The SMILES string of the molecule is CC(C)(C)NSN(O)c1ccc(Br)cc1. The van der Waals surface area contributed by atoms with Gasteiger partial charge < -0.3 is 0 Å². The van der Waals surface area contributed by atoms with E-state index in [1.54, 1.807) is 0 Å². The molecule has 0 fully saturated rings. The van der Waals surface area contributed by atoms with Crippen molar-refractivity contribution >= 4 is 33.8 Å². The third-order valence-electron chi connectivity index (χ3n) is 1.49. The minimum atomic E-state index is -0.0407. The Labute approximate surface area is 103 Å². The molecule has 0 atom stereocenters. The second-order valence-electron chi connectivity index (χ2n) is 4.19. The molecule has 0 saturated carbocycles. The average molecular weight is 291 g/mol. The zero-order chi connectivity index (χ0) is 11.5. The fraction of sp³-hybridized carbons (Fsp3) is 0.400. The summed E-state index contributed by atoms with van der Waals surface area (Å²) in [5.74, 6) is 0. The van der Waals surface area contributed by atoms with Gasteiger partial charge in [0.25, 0.3) is 0 Å². The van der Waals surface area contributed by atoms with Crippen LogP contribution in [0.4, 0.5) is 5.69 Å². The summed E-state index contributed by atoms with van der Waals surface area (Å²) >= 11 is 4.51. The highest BCUT2D eigenvalue weighted by Gasteiger charge is 2.12. The Kier molecular flexibility index (Phi) is 4.45. The number of rotatable bonds is 3. The Morgan fingerprint density at radius 1 is 1.27 bits per heavy atom. The summed E-state index contributed by atoms with van der Waals surface area (Å²) in [5.41, 5.74) is 0.695. The van der Waals surface area contributed by atoms with E-state index in [2.05, 4.69) is 20.7 Å². The summed E-state index contributed by atoms with van der Waals surface area (Å²) in [5, 5.41) is 9.69. The van der Waals surface area contributed by atoms with Crippen LogP contribution in [0.3, 0.4) is 0 Å². The average Bonchev–Trinajstić information content (AvgIpc) is 2.14. The van der Waals surface area contributed by atoms with Crippen LogP contribution in [0.15, 0.2) is 28.7 Å². The van der Waals surface area contributed by atoms with E-state index in [9.17, 15) is 5.21 Å². The molecule has 1 aromatic carbocycles. The summed E-state index contributed by atoms with van der Waals surface area (Å²) < 4.78 is 5.22. The van der Waals surface area contributed by atoms with Gasteiger partial charge in [0, 0.05) is 10.0 Å². The second kappa shape index (κ2) is 5.21. The van der Waals surface area contributed by atoms with Gasteiger partial charge in [-0.25, -0.2) is 4.72 Å². The van der Waals surface area contributed by atoms with Crippen molar-refractivity contribution in [3.63, 3.8) is 0 Å². The minimum Gasteiger partial charge on any atom is -0.276 e. The Bertz CT molecular complexity index is 310. The molecule has 0 spiro atoms. The summed E-state index contributed by atoms with van der Waals surface area (Å²) in [6.45, 7) is 6.11. The molecule has 0 heterocycles. The molecule has 0 radical (unpaired) electrons. The minimum absolute atomic E-state index is 0.0407. The molecule has 84 valence electrons. The highest BCUT2D eigenvalue weighted by molar-refractivity contribution is 9.10. The van der Waals surface area contributed by atoms with E-state index >= 15 is 0 Å². The van der Waals surface area contributed by atoms with Crippen LogP contribution in [0, 0.1) is 0 Å². The first kappa shape index (κ1) is 12.8. The summed E-state index contributed by atoms with van der Waals surface area (Å²) in [4.78, 5) is 0. The van der Waals surface area contributed by atoms with Crippen LogP contribution in [-0.4, -0.2) is 10.7 Å². The largest absolute Gasteiger partial charge is 0.276 e. The van der Waals surface area contributed by atoms with Gasteiger partial charge in [0.1, 0.15) is 0 Å². The quantitative estimate of drug-likeness (QED) is 0.659. The molecule has 0 aliphatic rings. The van der Waals surface area contributed by atoms with Gasteiger partial charge >= 0.3 is 0 Å². The van der Waals surface area contributed by atoms with Gasteiger partial charge in [0.2, 0.25) is 0 Å². The normalized spacial score (nSPS) is 11.5. The number of anilines is 1. The maximum atomic E-state index is 9.69. The van der Waals surface area contributed by atoms with Crippen molar-refractivity contribution in [2.24, 2.45) is 0 Å². The van der Waals surface area contributed by atoms with Crippen molar-refractivity contribution in [1.29, 1.82) is 0 Å². The Balaban J connectivity index is 2.54. The number of nitrogens with one attached hydrogen (secondary N) is 1. The lowest BCUT2D eigenvalue weighted by Crippen LogP contribution is -2.33. The van der Waals surface area contributed by atoms with Crippen LogP contribution < -0.4 is 9.19 Å². The molecular formula is C10H15BrN2OS. The van der Waals surface area contributed by atoms with Gasteiger partial charge in [-0.2, -0.15) is 4.47 Å². The van der Waals surface area contributed by atoms with E-state index in [1.807, 2.05) is 45.0 Å². The Morgan fingerprint density at radius 3 is 2.27 bits per heavy atom. The maximum Gasteiger partial charge on any atom is 0.0779 e. The maximum absolute atomic E-state index is 9.69. The first-order valence-electron chi connectivity index (χ1n) is 4.57. The van der Waals surface area contributed by atoms with Crippen LogP contribution in [-0.2, 0) is 0 Å². The van der Waals surface area contributed by atoms with Crippen LogP contribution in [0.25, 0.3) is 0 Å². The standard InChI is InChI=1S/C10H15BrN2OS/c1-10(2,3)12-15-13(14)9-6-4-8(11)5-7-9/h4-7,12,14H,1-3H3. The van der Waals surface area contributed by atoms with Gasteiger partial charge in [0.15, 0.2) is 0 Å². The number of nitrogens with zero attached hydrogens (tertiary/aromatic N) is 1. The molecule has 15 heavy (non-hydrogen) atoms. The zero-order valence-corrected chi connectivity index (χ0v) is 11.4. The smallest absolute Gasteiger partial charge is 0.0779 e. The van der Waals surface area contributed by atoms with Crippen molar-refractivity contribution < 1.29 is 5.21 Å². The van der Waals surface area contributed by atoms with Crippen molar-refractivity contribution in [3.8, 4) is 0 Å². The van der Waals surface area contributed by atoms with E-state index in [1.165, 1.54) is 12.1 Å². The lowest BCUT2D eigenvalue weighted by atomic mass is 10.1. The first-order valence-corrected chi connectivity index (χ1v) is 6.14. The molecule has 0 aliphatic heterocycles. The number of hydrogen-bond donors (Lipinski definition) is 2. The summed E-state index contributed by atoms with van der Waals surface area (Å²) in [6.07, 6.45) is 0. The van der Waals surface area contributed by atoms with Crippen molar-refractivity contribution in [2.45, 2.75) is 26.3 Å². The van der Waals surface area contributed by atoms with E-state index < -0.39 is 0 Å². The molecule has 0 aromatic heterocycles. The van der Waals surface area contributed by atoms with E-state index in [0.29, 0.717) is 0 Å². The first-order chi connectivity index (χ1) is 6.88. The van der Waals surface area contributed by atoms with E-state index in [0.717, 1.165) is 14.6 Å². The predicted molar refractivity (Wildman–Crippen MR) is 68.9 cm³/mol. The molecule has 0 bridgehead atoms. The third-order valence-corrected chi connectivity index (χ3v) is 3.10. The fourth-order valence-electron chi connectivity index (χ4n) is 0.801. The van der Waals surface area contributed by atoms with Gasteiger partial charge in [-0.05, 0) is 45.0 Å². The lowest BCUT2D eigenvalue weighted by molar-refractivity contribution is 0.329. The zero-order valence-electron chi connectivity index (χ0n) is 8.99. The molecule has 1 aromatic rings. The molecule has 0 unspecified atom stereocenters. The Hall–Kier alpha value is -0.230.